The average Bonchev–Trinajstić information content (AvgIpc) is 2.74. The third kappa shape index (κ3) is 2.50. The Labute approximate surface area is 95.5 Å². The molecule has 1 saturated heterocycles. The first-order valence-corrected chi connectivity index (χ1v) is 5.94. The van der Waals surface area contributed by atoms with Crippen molar-refractivity contribution >= 4 is 0 Å². The van der Waals surface area contributed by atoms with Crippen molar-refractivity contribution in [2.24, 2.45) is 5.92 Å². The molecule has 0 aliphatic carbocycles. The lowest BCUT2D eigenvalue weighted by atomic mass is 9.99. The van der Waals surface area contributed by atoms with Crippen LogP contribution in [0.15, 0.2) is 4.79 Å². The van der Waals surface area contributed by atoms with E-state index in [0.717, 1.165) is 48.8 Å². The summed E-state index contributed by atoms with van der Waals surface area (Å²) < 4.78 is 0. The van der Waals surface area contributed by atoms with Gasteiger partial charge in [-0.15, -0.1) is 0 Å². The zero-order chi connectivity index (χ0) is 11.5. The summed E-state index contributed by atoms with van der Waals surface area (Å²) in [5.74, 6) is 0.751. The molecule has 1 aromatic rings. The molecule has 0 amide bonds. The number of nitrogens with zero attached hydrogens (tertiary/aromatic N) is 1. The molecule has 4 nitrogen and oxygen atoms in total. The zero-order valence-corrected chi connectivity index (χ0v) is 9.97. The number of H-pyrrole nitrogens is 1. The summed E-state index contributed by atoms with van der Waals surface area (Å²) in [6.07, 6.45) is 3.30. The van der Waals surface area contributed by atoms with Crippen LogP contribution in [-0.2, 0) is 6.42 Å². The van der Waals surface area contributed by atoms with Crippen molar-refractivity contribution in [3.63, 3.8) is 0 Å². The van der Waals surface area contributed by atoms with E-state index in [1.165, 1.54) is 6.42 Å². The minimum atomic E-state index is -0.220. The molecule has 1 aliphatic rings. The Morgan fingerprint density at radius 2 is 2.25 bits per heavy atom. The number of aromatic nitrogens is 2. The van der Waals surface area contributed by atoms with Gasteiger partial charge in [-0.2, -0.15) is 4.98 Å². The van der Waals surface area contributed by atoms with Crippen LogP contribution < -0.4 is 11.0 Å². The van der Waals surface area contributed by atoms with Crippen LogP contribution in [0.5, 0.6) is 0 Å². The minimum Gasteiger partial charge on any atom is -0.316 e. The fourth-order valence-corrected chi connectivity index (χ4v) is 2.25. The lowest BCUT2D eigenvalue weighted by Gasteiger charge is -2.10. The largest absolute Gasteiger partial charge is 0.345 e. The zero-order valence-electron chi connectivity index (χ0n) is 9.97. The van der Waals surface area contributed by atoms with E-state index < -0.39 is 0 Å². The van der Waals surface area contributed by atoms with Crippen LogP contribution in [-0.4, -0.2) is 23.1 Å². The SMILES string of the molecule is Cc1[nH]c(=O)nc(CCC2CCNC2)c1C. The third-order valence-corrected chi connectivity index (χ3v) is 3.48. The molecule has 88 valence electrons. The molecule has 1 aliphatic heterocycles. The second kappa shape index (κ2) is 4.78. The molecule has 1 unspecified atom stereocenters. The first kappa shape index (κ1) is 11.3. The van der Waals surface area contributed by atoms with Crippen molar-refractivity contribution in [2.45, 2.75) is 33.1 Å². The number of aryl methyl sites for hydroxylation is 2. The summed E-state index contributed by atoms with van der Waals surface area (Å²) in [4.78, 5) is 18.1. The van der Waals surface area contributed by atoms with Crippen molar-refractivity contribution < 1.29 is 0 Å². The summed E-state index contributed by atoms with van der Waals surface area (Å²) in [5, 5.41) is 3.36. The van der Waals surface area contributed by atoms with Crippen LogP contribution >= 0.6 is 0 Å². The summed E-state index contributed by atoms with van der Waals surface area (Å²) in [5.41, 5.74) is 2.82. The number of aromatic amines is 1. The highest BCUT2D eigenvalue weighted by molar-refractivity contribution is 5.21. The predicted molar refractivity (Wildman–Crippen MR) is 63.6 cm³/mol. The quantitative estimate of drug-likeness (QED) is 0.798. The normalized spacial score (nSPS) is 20.2. The van der Waals surface area contributed by atoms with E-state index in [1.54, 1.807) is 0 Å². The van der Waals surface area contributed by atoms with Crippen molar-refractivity contribution in [3.8, 4) is 0 Å². The summed E-state index contributed by atoms with van der Waals surface area (Å²) in [6, 6.07) is 0. The fourth-order valence-electron chi connectivity index (χ4n) is 2.25. The third-order valence-electron chi connectivity index (χ3n) is 3.48. The first-order valence-electron chi connectivity index (χ1n) is 5.94. The average molecular weight is 221 g/mol. The molecule has 1 fully saturated rings. The van der Waals surface area contributed by atoms with E-state index in [0.29, 0.717) is 0 Å². The Bertz CT molecular complexity index is 419. The highest BCUT2D eigenvalue weighted by Gasteiger charge is 2.15. The number of hydrogen-bond acceptors (Lipinski definition) is 3. The molecule has 1 atom stereocenters. The van der Waals surface area contributed by atoms with E-state index in [1.807, 2.05) is 13.8 Å². The van der Waals surface area contributed by atoms with Gasteiger partial charge in [0.05, 0.1) is 5.69 Å². The van der Waals surface area contributed by atoms with Crippen molar-refractivity contribution in [1.29, 1.82) is 0 Å². The smallest absolute Gasteiger partial charge is 0.316 e. The Morgan fingerprint density at radius 3 is 2.94 bits per heavy atom. The molecule has 2 N–H and O–H groups in total. The van der Waals surface area contributed by atoms with E-state index in [2.05, 4.69) is 15.3 Å². The Balaban J connectivity index is 2.05. The summed E-state index contributed by atoms with van der Waals surface area (Å²) in [6.45, 7) is 6.20. The maximum Gasteiger partial charge on any atom is 0.345 e. The molecule has 0 spiro atoms. The van der Waals surface area contributed by atoms with Gasteiger partial charge in [-0.05, 0) is 57.7 Å². The number of hydrogen-bond donors (Lipinski definition) is 2. The van der Waals surface area contributed by atoms with Crippen molar-refractivity contribution in [2.75, 3.05) is 13.1 Å². The maximum atomic E-state index is 11.3. The molecule has 2 rings (SSSR count). The highest BCUT2D eigenvalue weighted by Crippen LogP contribution is 2.16. The molecule has 16 heavy (non-hydrogen) atoms. The minimum absolute atomic E-state index is 0.220. The second-order valence-corrected chi connectivity index (χ2v) is 4.64. The van der Waals surface area contributed by atoms with Gasteiger partial charge in [0.1, 0.15) is 0 Å². The topological polar surface area (TPSA) is 57.8 Å². The van der Waals surface area contributed by atoms with E-state index >= 15 is 0 Å². The Morgan fingerprint density at radius 1 is 1.44 bits per heavy atom. The summed E-state index contributed by atoms with van der Waals surface area (Å²) in [7, 11) is 0. The van der Waals surface area contributed by atoms with Gasteiger partial charge in [-0.25, -0.2) is 4.79 Å². The molecule has 2 heterocycles. The Kier molecular flexibility index (Phi) is 3.39. The van der Waals surface area contributed by atoms with Gasteiger partial charge < -0.3 is 10.3 Å². The molecular weight excluding hydrogens is 202 g/mol. The van der Waals surface area contributed by atoms with E-state index in [4.69, 9.17) is 0 Å². The van der Waals surface area contributed by atoms with Crippen LogP contribution in [0.25, 0.3) is 0 Å². The molecule has 0 radical (unpaired) electrons. The molecule has 0 saturated carbocycles. The first-order chi connectivity index (χ1) is 7.66. The fraction of sp³-hybridized carbons (Fsp3) is 0.667. The van der Waals surface area contributed by atoms with Gasteiger partial charge >= 0.3 is 5.69 Å². The van der Waals surface area contributed by atoms with Gasteiger partial charge in [0.25, 0.3) is 0 Å². The standard InChI is InChI=1S/C12H19N3O/c1-8-9(2)14-12(16)15-11(8)4-3-10-5-6-13-7-10/h10,13H,3-7H2,1-2H3,(H,14,15,16). The van der Waals surface area contributed by atoms with Crippen LogP contribution in [0.2, 0.25) is 0 Å². The Hall–Kier alpha value is -1.16. The van der Waals surface area contributed by atoms with Crippen LogP contribution in [0.1, 0.15) is 29.8 Å². The van der Waals surface area contributed by atoms with Crippen molar-refractivity contribution in [3.05, 3.63) is 27.4 Å². The molecular formula is C12H19N3O. The maximum absolute atomic E-state index is 11.3. The number of nitrogens with one attached hydrogen (secondary N) is 2. The van der Waals surface area contributed by atoms with Crippen molar-refractivity contribution in [1.82, 2.24) is 15.3 Å². The molecule has 1 aromatic heterocycles. The highest BCUT2D eigenvalue weighted by atomic mass is 16.1. The predicted octanol–water partition coefficient (Wildman–Crippen LogP) is 0.929. The number of rotatable bonds is 3. The van der Waals surface area contributed by atoms with Gasteiger partial charge in [0.15, 0.2) is 0 Å². The summed E-state index contributed by atoms with van der Waals surface area (Å²) >= 11 is 0. The van der Waals surface area contributed by atoms with Gasteiger partial charge in [0, 0.05) is 5.69 Å². The van der Waals surface area contributed by atoms with E-state index in [9.17, 15) is 4.79 Å². The van der Waals surface area contributed by atoms with Crippen LogP contribution in [0.4, 0.5) is 0 Å². The molecule has 0 bridgehead atoms. The second-order valence-electron chi connectivity index (χ2n) is 4.64. The van der Waals surface area contributed by atoms with Crippen LogP contribution in [0.3, 0.4) is 0 Å². The lowest BCUT2D eigenvalue weighted by molar-refractivity contribution is 0.527. The lowest BCUT2D eigenvalue weighted by Crippen LogP contribution is -2.17. The van der Waals surface area contributed by atoms with E-state index in [-0.39, 0.29) is 5.69 Å². The van der Waals surface area contributed by atoms with Gasteiger partial charge in [-0.3, -0.25) is 0 Å². The molecule has 0 aromatic carbocycles. The van der Waals surface area contributed by atoms with Gasteiger partial charge in [0.2, 0.25) is 0 Å². The van der Waals surface area contributed by atoms with Crippen LogP contribution in [0, 0.1) is 19.8 Å². The van der Waals surface area contributed by atoms with Gasteiger partial charge in [-0.1, -0.05) is 0 Å². The monoisotopic (exact) mass is 221 g/mol. The molecule has 4 heteroatoms.